The lowest BCUT2D eigenvalue weighted by atomic mass is 9.94. The lowest BCUT2D eigenvalue weighted by Gasteiger charge is -2.27. The molecule has 1 N–H and O–H groups in total. The molecular weight excluding hydrogens is 313 g/mol. The summed E-state index contributed by atoms with van der Waals surface area (Å²) in [5.41, 5.74) is 0.104. The zero-order valence-corrected chi connectivity index (χ0v) is 14.1. The highest BCUT2D eigenvalue weighted by molar-refractivity contribution is 5.96. The van der Waals surface area contributed by atoms with Crippen molar-refractivity contribution in [2.24, 2.45) is 7.05 Å². The predicted molar refractivity (Wildman–Crippen MR) is 86.1 cm³/mol. The van der Waals surface area contributed by atoms with Crippen molar-refractivity contribution in [1.82, 2.24) is 15.1 Å². The Balaban J connectivity index is 2.22. The van der Waals surface area contributed by atoms with Gasteiger partial charge in [-0.1, -0.05) is 12.1 Å². The molecule has 0 radical (unpaired) electrons. The van der Waals surface area contributed by atoms with Crippen molar-refractivity contribution in [3.63, 3.8) is 0 Å². The molecule has 128 valence electrons. The molecule has 7 heteroatoms. The number of halogens is 1. The Hall–Kier alpha value is -2.70. The lowest BCUT2D eigenvalue weighted by molar-refractivity contribution is 0.0518. The first-order valence-corrected chi connectivity index (χ1v) is 7.54. The average Bonchev–Trinajstić information content (AvgIpc) is 2.89. The predicted octanol–water partition coefficient (Wildman–Crippen LogP) is 2.40. The van der Waals surface area contributed by atoms with Crippen LogP contribution in [-0.4, -0.2) is 28.3 Å². The number of carbonyl (C=O) groups excluding carboxylic acids is 2. The third kappa shape index (κ3) is 3.79. The molecule has 0 aliphatic heterocycles. The van der Waals surface area contributed by atoms with Gasteiger partial charge in [-0.2, -0.15) is 5.10 Å². The second kappa shape index (κ2) is 6.82. The van der Waals surface area contributed by atoms with Gasteiger partial charge in [-0.05, 0) is 38.5 Å². The fourth-order valence-electron chi connectivity index (χ4n) is 2.28. The Labute approximate surface area is 139 Å². The zero-order valence-electron chi connectivity index (χ0n) is 14.1. The number of esters is 1. The number of ether oxygens (including phenoxy) is 1. The minimum Gasteiger partial charge on any atom is -0.461 e. The molecule has 0 atom stereocenters. The molecule has 0 fully saturated rings. The van der Waals surface area contributed by atoms with Gasteiger partial charge in [-0.15, -0.1) is 0 Å². The largest absolute Gasteiger partial charge is 0.461 e. The summed E-state index contributed by atoms with van der Waals surface area (Å²) in [4.78, 5) is 24.2. The molecule has 0 spiro atoms. The minimum absolute atomic E-state index is 0.0630. The number of nitrogens with zero attached hydrogens (tertiary/aromatic N) is 2. The highest BCUT2D eigenvalue weighted by Gasteiger charge is 2.26. The summed E-state index contributed by atoms with van der Waals surface area (Å²) < 4.78 is 19.6. The van der Waals surface area contributed by atoms with E-state index in [4.69, 9.17) is 4.74 Å². The number of aromatic nitrogens is 2. The Morgan fingerprint density at radius 2 is 2.04 bits per heavy atom. The van der Waals surface area contributed by atoms with Gasteiger partial charge in [-0.25, -0.2) is 9.18 Å². The molecule has 0 unspecified atom stereocenters. The topological polar surface area (TPSA) is 73.2 Å². The molecule has 0 aliphatic rings. The van der Waals surface area contributed by atoms with Crippen LogP contribution in [0.15, 0.2) is 30.3 Å². The molecule has 0 bridgehead atoms. The second-order valence-electron chi connectivity index (χ2n) is 5.85. The normalized spacial score (nSPS) is 11.2. The molecule has 0 saturated carbocycles. The van der Waals surface area contributed by atoms with Crippen LogP contribution in [0.3, 0.4) is 0 Å². The molecule has 2 aromatic rings. The average molecular weight is 333 g/mol. The van der Waals surface area contributed by atoms with Crippen LogP contribution in [0.4, 0.5) is 4.39 Å². The van der Waals surface area contributed by atoms with Gasteiger partial charge in [0.25, 0.3) is 5.91 Å². The first kappa shape index (κ1) is 17.7. The van der Waals surface area contributed by atoms with Crippen molar-refractivity contribution in [3.05, 3.63) is 53.1 Å². The molecule has 0 aliphatic carbocycles. The SMILES string of the molecule is CCOC(=O)c1cc(C(=O)NC(C)(C)c2cccc(F)c2)n(C)n1. The Morgan fingerprint density at radius 3 is 2.67 bits per heavy atom. The van der Waals surface area contributed by atoms with Crippen LogP contribution < -0.4 is 5.32 Å². The number of rotatable bonds is 5. The Morgan fingerprint density at radius 1 is 1.33 bits per heavy atom. The second-order valence-corrected chi connectivity index (χ2v) is 5.85. The summed E-state index contributed by atoms with van der Waals surface area (Å²) in [6.07, 6.45) is 0. The van der Waals surface area contributed by atoms with Crippen molar-refractivity contribution in [3.8, 4) is 0 Å². The third-order valence-corrected chi connectivity index (χ3v) is 3.57. The van der Waals surface area contributed by atoms with Gasteiger partial charge in [0.2, 0.25) is 0 Å². The quantitative estimate of drug-likeness (QED) is 0.853. The van der Waals surface area contributed by atoms with Crippen molar-refractivity contribution in [2.45, 2.75) is 26.3 Å². The first-order chi connectivity index (χ1) is 11.2. The zero-order chi connectivity index (χ0) is 17.9. The van der Waals surface area contributed by atoms with Crippen molar-refractivity contribution in [2.75, 3.05) is 6.61 Å². The summed E-state index contributed by atoms with van der Waals surface area (Å²) in [6.45, 7) is 5.45. The maximum absolute atomic E-state index is 13.4. The Kier molecular flexibility index (Phi) is 5.02. The first-order valence-electron chi connectivity index (χ1n) is 7.54. The molecule has 2 rings (SSSR count). The maximum atomic E-state index is 13.4. The van der Waals surface area contributed by atoms with E-state index >= 15 is 0 Å². The Bertz CT molecular complexity index is 768. The van der Waals surface area contributed by atoms with Crippen LogP contribution in [-0.2, 0) is 17.3 Å². The summed E-state index contributed by atoms with van der Waals surface area (Å²) >= 11 is 0. The third-order valence-electron chi connectivity index (χ3n) is 3.57. The van der Waals surface area contributed by atoms with Crippen LogP contribution in [0.5, 0.6) is 0 Å². The smallest absolute Gasteiger partial charge is 0.358 e. The number of amides is 1. The van der Waals surface area contributed by atoms with Gasteiger partial charge in [0.05, 0.1) is 12.1 Å². The fraction of sp³-hybridized carbons (Fsp3) is 0.353. The van der Waals surface area contributed by atoms with E-state index in [0.29, 0.717) is 5.56 Å². The van der Waals surface area contributed by atoms with E-state index in [0.717, 1.165) is 0 Å². The lowest BCUT2D eigenvalue weighted by Crippen LogP contribution is -2.41. The number of hydrogen-bond donors (Lipinski definition) is 1. The number of nitrogens with one attached hydrogen (secondary N) is 1. The van der Waals surface area contributed by atoms with Crippen LogP contribution in [0, 0.1) is 5.82 Å². The van der Waals surface area contributed by atoms with E-state index < -0.39 is 17.4 Å². The van der Waals surface area contributed by atoms with Gasteiger partial charge in [0, 0.05) is 13.1 Å². The summed E-state index contributed by atoms with van der Waals surface area (Å²) in [5, 5.41) is 6.81. The van der Waals surface area contributed by atoms with Gasteiger partial charge >= 0.3 is 5.97 Å². The standard InChI is InChI=1S/C17H20FN3O3/c1-5-24-16(23)13-10-14(21(4)20-13)15(22)19-17(2,3)11-7-6-8-12(18)9-11/h6-10H,5H2,1-4H3,(H,19,22). The van der Waals surface area contributed by atoms with E-state index in [1.165, 1.54) is 22.9 Å². The molecule has 1 amide bonds. The highest BCUT2D eigenvalue weighted by Crippen LogP contribution is 2.21. The van der Waals surface area contributed by atoms with Gasteiger partial charge in [-0.3, -0.25) is 9.48 Å². The molecule has 1 aromatic carbocycles. The monoisotopic (exact) mass is 333 g/mol. The summed E-state index contributed by atoms with van der Waals surface area (Å²) in [6, 6.07) is 7.40. The van der Waals surface area contributed by atoms with Crippen molar-refractivity contribution < 1.29 is 18.7 Å². The molecule has 0 saturated heterocycles. The number of aryl methyl sites for hydroxylation is 1. The fourth-order valence-corrected chi connectivity index (χ4v) is 2.28. The van der Waals surface area contributed by atoms with Gasteiger partial charge in [0.15, 0.2) is 5.69 Å². The van der Waals surface area contributed by atoms with E-state index in [1.54, 1.807) is 40.0 Å². The van der Waals surface area contributed by atoms with E-state index in [-0.39, 0.29) is 23.8 Å². The van der Waals surface area contributed by atoms with E-state index in [2.05, 4.69) is 10.4 Å². The van der Waals surface area contributed by atoms with Crippen LogP contribution >= 0.6 is 0 Å². The van der Waals surface area contributed by atoms with Crippen LogP contribution in [0.1, 0.15) is 47.3 Å². The molecule has 1 aromatic heterocycles. The molecular formula is C17H20FN3O3. The molecule has 24 heavy (non-hydrogen) atoms. The van der Waals surface area contributed by atoms with Gasteiger partial charge in [0.1, 0.15) is 11.5 Å². The van der Waals surface area contributed by atoms with Crippen LogP contribution in [0.2, 0.25) is 0 Å². The maximum Gasteiger partial charge on any atom is 0.358 e. The summed E-state index contributed by atoms with van der Waals surface area (Å²) in [5.74, 6) is -1.38. The number of benzene rings is 1. The van der Waals surface area contributed by atoms with Gasteiger partial charge < -0.3 is 10.1 Å². The summed E-state index contributed by atoms with van der Waals surface area (Å²) in [7, 11) is 1.56. The number of hydrogen-bond acceptors (Lipinski definition) is 4. The van der Waals surface area contributed by atoms with E-state index in [1.807, 2.05) is 0 Å². The van der Waals surface area contributed by atoms with Crippen molar-refractivity contribution >= 4 is 11.9 Å². The van der Waals surface area contributed by atoms with E-state index in [9.17, 15) is 14.0 Å². The van der Waals surface area contributed by atoms with Crippen molar-refractivity contribution in [1.29, 1.82) is 0 Å². The molecule has 6 nitrogen and oxygen atoms in total. The number of carbonyl (C=O) groups is 2. The highest BCUT2D eigenvalue weighted by atomic mass is 19.1. The van der Waals surface area contributed by atoms with Crippen LogP contribution in [0.25, 0.3) is 0 Å². The minimum atomic E-state index is -0.798. The molecule has 1 heterocycles.